The second-order valence-corrected chi connectivity index (χ2v) is 23.0. The predicted molar refractivity (Wildman–Crippen MR) is 391 cm³/mol. The van der Waals surface area contributed by atoms with E-state index in [1.807, 2.05) is 12.1 Å². The van der Waals surface area contributed by atoms with Crippen LogP contribution in [0.2, 0.25) is 0 Å². The van der Waals surface area contributed by atoms with E-state index in [1.54, 1.807) is 34.1 Å². The third kappa shape index (κ3) is 72.3. The van der Waals surface area contributed by atoms with Gasteiger partial charge in [-0.1, -0.05) is 14.9 Å². The number of carboxylic acids is 1. The third-order valence-corrected chi connectivity index (χ3v) is 12.1. The third-order valence-electron chi connectivity index (χ3n) is 10.9. The first-order chi connectivity index (χ1) is 47.4. The molecule has 0 radical (unpaired) electrons. The number of aliphatic hydroxyl groups excluding tert-OH is 1. The molecule has 7 rings (SSSR count). The summed E-state index contributed by atoms with van der Waals surface area (Å²) in [5, 5.41) is 57.8. The number of nitro groups is 3. The van der Waals surface area contributed by atoms with Crippen molar-refractivity contribution in [3.05, 3.63) is 127 Å². The molecule has 0 unspecified atom stereocenters. The van der Waals surface area contributed by atoms with Crippen molar-refractivity contribution in [2.75, 3.05) is 162 Å². The minimum absolute atomic E-state index is 0. The van der Waals surface area contributed by atoms with Crippen LogP contribution in [0.5, 0.6) is 0 Å². The Labute approximate surface area is 755 Å². The Morgan fingerprint density at radius 1 is 0.573 bits per heavy atom. The number of ether oxygens (including phenoxy) is 7. The summed E-state index contributed by atoms with van der Waals surface area (Å²) >= 11 is 26.4. The normalized spacial score (nSPS) is 12.1. The van der Waals surface area contributed by atoms with Gasteiger partial charge in [0.25, 0.3) is 35.3 Å². The molecular weight excluding hydrogens is 1770 g/mol. The molecule has 4 aromatic carbocycles. The maximum absolute atomic E-state index is 11.7. The number of carboxylic acid groups (broad SMARTS) is 1. The molecular formula is C61H91Cl7Cs2N8O24S. The summed E-state index contributed by atoms with van der Waals surface area (Å²) in [7, 11) is 7.36. The minimum atomic E-state index is -1.67. The van der Waals surface area contributed by atoms with Crippen LogP contribution in [0.15, 0.2) is 97.1 Å². The smallest absolute Gasteiger partial charge is 1.00 e. The van der Waals surface area contributed by atoms with Crippen molar-refractivity contribution in [2.24, 2.45) is 0 Å². The molecule has 3 aliphatic rings. The van der Waals surface area contributed by atoms with Gasteiger partial charge < -0.3 is 81.5 Å². The first-order valence-electron chi connectivity index (χ1n) is 29.4. The molecule has 3 fully saturated rings. The number of nitrogen functional groups attached to an aromatic ring is 2. The van der Waals surface area contributed by atoms with Crippen LogP contribution in [0.4, 0.5) is 45.5 Å². The van der Waals surface area contributed by atoms with E-state index in [4.69, 9.17) is 122 Å². The molecule has 32 nitrogen and oxygen atoms in total. The van der Waals surface area contributed by atoms with Crippen LogP contribution in [-0.2, 0) is 76.0 Å². The number of aliphatic carboxylic acids is 1. The molecule has 3 amide bonds. The zero-order valence-corrected chi connectivity index (χ0v) is 74.3. The molecule has 0 saturated carbocycles. The Hall–Kier alpha value is -2.38. The van der Waals surface area contributed by atoms with Gasteiger partial charge in [-0.15, -0.1) is 46.4 Å². The van der Waals surface area contributed by atoms with Crippen LogP contribution < -0.4 is 170 Å². The average Bonchev–Trinajstić information content (AvgIpc) is 1.37. The molecule has 3 aliphatic heterocycles. The van der Waals surface area contributed by atoms with Crippen molar-refractivity contribution >= 4 is 170 Å². The number of non-ortho nitro benzene ring substituents is 3. The largest absolute Gasteiger partial charge is 1.00 e. The number of carbonyl (C=O) groups is 6. The first kappa shape index (κ1) is 114. The number of hydrogen-bond donors (Lipinski definition) is 5. The van der Waals surface area contributed by atoms with Crippen LogP contribution >= 0.6 is 79.4 Å². The summed E-state index contributed by atoms with van der Waals surface area (Å²) in [5.41, 5.74) is 14.3. The summed E-state index contributed by atoms with van der Waals surface area (Å²) < 4.78 is 43.7. The van der Waals surface area contributed by atoms with E-state index in [1.165, 1.54) is 73.5 Å². The molecule has 0 aliphatic carbocycles. The molecule has 103 heavy (non-hydrogen) atoms. The number of nitrogens with one attached hydrogen (secondary N) is 1. The molecule has 3 saturated heterocycles. The number of amides is 3. The number of nitro benzene ring substituents is 3. The van der Waals surface area contributed by atoms with E-state index in [-0.39, 0.29) is 235 Å². The Morgan fingerprint density at radius 2 is 0.893 bits per heavy atom. The number of halogens is 7. The van der Waals surface area contributed by atoms with Gasteiger partial charge in [0.05, 0.1) is 28.0 Å². The fourth-order valence-electron chi connectivity index (χ4n) is 6.57. The number of aliphatic hydroxyl groups is 1. The van der Waals surface area contributed by atoms with Crippen LogP contribution in [0.25, 0.3) is 0 Å². The zero-order chi connectivity index (χ0) is 74.9. The molecule has 0 atom stereocenters. The van der Waals surface area contributed by atoms with Crippen molar-refractivity contribution in [1.29, 1.82) is 0 Å². The summed E-state index contributed by atoms with van der Waals surface area (Å²) in [5.74, 6) is 0.836. The number of anilines is 5. The molecule has 0 bridgehead atoms. The van der Waals surface area contributed by atoms with Crippen molar-refractivity contribution in [2.45, 2.75) is 66.2 Å². The summed E-state index contributed by atoms with van der Waals surface area (Å²) in [6, 6.07) is 24.6. The van der Waals surface area contributed by atoms with E-state index in [0.717, 1.165) is 44.6 Å². The van der Waals surface area contributed by atoms with Crippen molar-refractivity contribution in [1.82, 2.24) is 0 Å². The standard InChI is InChI=1S/C11H13ClN2O4.C11H12N2O4.C11H14N2O2.C6H6N2O2.C5H8Cl2O2.C5H9ClO3.C5H11ClO2.C4H8O.CH2O3.2CH4.Cl2OS.2Cs.H/c12-6-1-7-18-8-11(15)13-9-2-4-10(5-3-9)14(16)17;14-11-8-17-7-1-6-12(11)9-2-4-10(5-3-9)13(15)16;12-9-2-4-10(5-3-9)13-6-1-7-15-8-11(13)14;7-5-1-3-6(4-2-5)8(9)10;2*6-2-1-3-9-4-5(7)8;6-2-1-4-8-5-3-7;1-2-4-5-3-1;2-1-4-3;;;1-4(2)3;;;/h2-5H,1,6-8H2,(H,13,15);2-5H,1,6-8H2;2-5H,1,6-8,12H2;1-4H,7H2;1-4H2;1-4H2,(H,7,8);7H,1-5H2;1-4H2;1,3H;2*1H4;;;;/q;;;;;;;;;;;;2*+1;-1/p-1. The Bertz CT molecular complexity index is 2800. The van der Waals surface area contributed by atoms with E-state index < -0.39 is 35.2 Å². The van der Waals surface area contributed by atoms with E-state index >= 15 is 0 Å². The van der Waals surface area contributed by atoms with E-state index in [9.17, 15) is 54.3 Å². The number of carbonyl (C=O) groups excluding carboxylic acids is 5. The minimum Gasteiger partial charge on any atom is -1.00 e. The van der Waals surface area contributed by atoms with Gasteiger partial charge in [-0.3, -0.25) is 54.3 Å². The Kier molecular flexibility index (Phi) is 89.2. The summed E-state index contributed by atoms with van der Waals surface area (Å²) in [6.07, 6.45) is 7.20. The molecule has 7 N–H and O–H groups in total. The van der Waals surface area contributed by atoms with Crippen LogP contribution in [0.1, 0.15) is 67.6 Å². The van der Waals surface area contributed by atoms with Gasteiger partial charge in [-0.05, 0) is 124 Å². The SMILES string of the molecule is C.C.C1CCOC1.Nc1ccc(N2CCCOCC2=O)cc1.Nc1ccc([N+](=O)[O-])cc1.O=C(COCCCCl)Nc1ccc([N+](=O)[O-])cc1.O=C(Cl)COCCCCl.O=C(O)COCCCCl.O=C1COCCCN1c1ccc([N+](=O)[O-])cc1.O=CO[O-].O=S(Cl)Cl.OCCOCCCCl.[Cs+].[Cs+].[H-]. The Morgan fingerprint density at radius 3 is 1.21 bits per heavy atom. The Balaban J connectivity index is -0.000000169. The topological polar surface area (TPSA) is 457 Å². The number of benzene rings is 4. The molecule has 0 aromatic heterocycles. The van der Waals surface area contributed by atoms with Gasteiger partial charge in [0.15, 0.2) is 0 Å². The second kappa shape index (κ2) is 80.6. The first-order valence-corrected chi connectivity index (χ1v) is 34.7. The van der Waals surface area contributed by atoms with Crippen LogP contribution in [0.3, 0.4) is 0 Å². The van der Waals surface area contributed by atoms with Gasteiger partial charge in [-0.2, -0.15) is 0 Å². The number of alkyl halides is 4. The monoisotopic (exact) mass is 1860 g/mol. The number of hydrogen-bond acceptors (Lipinski definition) is 25. The molecule has 576 valence electrons. The predicted octanol–water partition coefficient (Wildman–Crippen LogP) is 4.13. The van der Waals surface area contributed by atoms with Crippen molar-refractivity contribution < 1.29 is 240 Å². The van der Waals surface area contributed by atoms with Gasteiger partial charge in [0, 0.05) is 176 Å². The molecule has 0 spiro atoms. The van der Waals surface area contributed by atoms with Gasteiger partial charge in [0.2, 0.25) is 20.4 Å². The summed E-state index contributed by atoms with van der Waals surface area (Å²) in [6.45, 7) is 6.80. The fraction of sp³-hybridized carbons (Fsp3) is 0.508. The van der Waals surface area contributed by atoms with E-state index in [2.05, 4.69) is 36.3 Å². The van der Waals surface area contributed by atoms with Gasteiger partial charge in [-0.25, -0.2) is 9.00 Å². The second-order valence-electron chi connectivity index (χ2n) is 18.6. The van der Waals surface area contributed by atoms with Crippen molar-refractivity contribution in [3.63, 3.8) is 0 Å². The summed E-state index contributed by atoms with van der Waals surface area (Å²) in [4.78, 5) is 98.8. The molecule has 42 heteroatoms. The quantitative estimate of drug-likeness (QED) is 0.00818. The molecule has 4 aromatic rings. The van der Waals surface area contributed by atoms with E-state index in [0.29, 0.717) is 118 Å². The van der Waals surface area contributed by atoms with Crippen molar-refractivity contribution in [3.8, 4) is 0 Å². The van der Waals surface area contributed by atoms with Crippen LogP contribution in [0, 0.1) is 30.3 Å². The maximum atomic E-state index is 11.7. The van der Waals surface area contributed by atoms with Gasteiger partial charge in [0.1, 0.15) is 33.0 Å². The zero-order valence-electron chi connectivity index (χ0n) is 56.6. The average molecular weight is 1870 g/mol. The van der Waals surface area contributed by atoms with Crippen LogP contribution in [-0.4, -0.2) is 200 Å². The number of nitrogens with two attached hydrogens (primary N) is 2. The van der Waals surface area contributed by atoms with Gasteiger partial charge >= 0.3 is 144 Å². The number of rotatable bonds is 27. The maximum Gasteiger partial charge on any atom is 1.00 e. The fourth-order valence-corrected chi connectivity index (χ4v) is 7.08. The molecule has 3 heterocycles. The number of nitrogens with zero attached hydrogens (tertiary/aromatic N) is 5.